The van der Waals surface area contributed by atoms with Gasteiger partial charge in [-0.3, -0.25) is 4.79 Å². The molecule has 0 spiro atoms. The van der Waals surface area contributed by atoms with Crippen LogP contribution in [0.1, 0.15) is 34.8 Å². The van der Waals surface area contributed by atoms with E-state index in [9.17, 15) is 4.79 Å². The van der Waals surface area contributed by atoms with Crippen molar-refractivity contribution in [2.75, 3.05) is 4.90 Å². The third kappa shape index (κ3) is 3.86. The van der Waals surface area contributed by atoms with E-state index in [0.29, 0.717) is 25.1 Å². The number of terminal acetylenes is 1. The van der Waals surface area contributed by atoms with E-state index in [0.717, 1.165) is 28.3 Å². The first kappa shape index (κ1) is 17.6. The zero-order chi connectivity index (χ0) is 18.5. The molecule has 0 aliphatic heterocycles. The maximum atomic E-state index is 13.0. The summed E-state index contributed by atoms with van der Waals surface area (Å²) in [4.78, 5) is 14.7. The molecule has 0 aliphatic rings. The summed E-state index contributed by atoms with van der Waals surface area (Å²) in [5.41, 5.74) is 3.28. The minimum Gasteiger partial charge on any atom is -0.467 e. The van der Waals surface area contributed by atoms with Crippen molar-refractivity contribution in [1.29, 1.82) is 0 Å². The number of aromatic nitrogens is 1. The van der Waals surface area contributed by atoms with Crippen LogP contribution in [0.25, 0.3) is 0 Å². The fourth-order valence-electron chi connectivity index (χ4n) is 2.87. The number of carbonyl (C=O) groups is 1. The number of hydrogen-bond donors (Lipinski definition) is 0. The number of benzene rings is 1. The maximum Gasteiger partial charge on any atom is 0.227 e. The van der Waals surface area contributed by atoms with Crippen molar-refractivity contribution in [2.45, 2.75) is 33.2 Å². The zero-order valence-corrected chi connectivity index (χ0v) is 14.9. The molecule has 0 aliphatic carbocycles. The van der Waals surface area contributed by atoms with E-state index in [1.54, 1.807) is 17.2 Å². The van der Waals surface area contributed by atoms with Crippen LogP contribution in [0, 0.1) is 26.2 Å². The highest BCUT2D eigenvalue weighted by atomic mass is 16.5. The second kappa shape index (κ2) is 7.75. The molecule has 2 heterocycles. The molecule has 5 nitrogen and oxygen atoms in total. The van der Waals surface area contributed by atoms with Gasteiger partial charge in [-0.05, 0) is 50.6 Å². The predicted molar refractivity (Wildman–Crippen MR) is 98.6 cm³/mol. The Bertz CT molecular complexity index is 913. The van der Waals surface area contributed by atoms with Gasteiger partial charge in [-0.1, -0.05) is 17.1 Å². The van der Waals surface area contributed by atoms with E-state index in [1.165, 1.54) is 0 Å². The summed E-state index contributed by atoms with van der Waals surface area (Å²) in [7, 11) is 0. The minimum atomic E-state index is -0.0180. The lowest BCUT2D eigenvalue weighted by Gasteiger charge is -2.22. The number of nitrogens with zero attached hydrogens (tertiary/aromatic N) is 2. The number of aryl methyl sites for hydroxylation is 2. The van der Waals surface area contributed by atoms with Gasteiger partial charge in [0.05, 0.1) is 18.5 Å². The summed E-state index contributed by atoms with van der Waals surface area (Å²) < 4.78 is 10.6. The molecule has 1 aromatic carbocycles. The Balaban J connectivity index is 1.82. The van der Waals surface area contributed by atoms with Crippen molar-refractivity contribution < 1.29 is 13.7 Å². The highest BCUT2D eigenvalue weighted by Crippen LogP contribution is 2.22. The molecule has 1 amide bonds. The second-order valence-corrected chi connectivity index (χ2v) is 6.06. The number of rotatable bonds is 6. The van der Waals surface area contributed by atoms with Gasteiger partial charge >= 0.3 is 0 Å². The highest BCUT2D eigenvalue weighted by molar-refractivity contribution is 5.93. The number of anilines is 1. The average Bonchev–Trinajstić information content (AvgIpc) is 3.28. The molecule has 0 fully saturated rings. The first-order chi connectivity index (χ1) is 12.6. The third-order valence-electron chi connectivity index (χ3n) is 4.29. The molecule has 0 unspecified atom stereocenters. The Labute approximate surface area is 152 Å². The van der Waals surface area contributed by atoms with Crippen LogP contribution < -0.4 is 4.90 Å². The van der Waals surface area contributed by atoms with Gasteiger partial charge in [-0.15, -0.1) is 6.42 Å². The van der Waals surface area contributed by atoms with Crippen molar-refractivity contribution in [1.82, 2.24) is 5.16 Å². The molecule has 0 saturated carbocycles. The molecule has 2 aromatic heterocycles. The lowest BCUT2D eigenvalue weighted by molar-refractivity contribution is -0.118. The Morgan fingerprint density at radius 2 is 2.12 bits per heavy atom. The molecule has 3 rings (SSSR count). The standard InChI is InChI=1S/C21H20N2O3/c1-4-17-7-5-8-18(13-17)23(14-19-9-6-12-25-19)21(24)11-10-20-15(2)22-26-16(20)3/h1,5-9,12-13H,10-11,14H2,2-3H3. The van der Waals surface area contributed by atoms with Crippen molar-refractivity contribution >= 4 is 11.6 Å². The molecular weight excluding hydrogens is 328 g/mol. The first-order valence-corrected chi connectivity index (χ1v) is 8.39. The van der Waals surface area contributed by atoms with Crippen LogP contribution in [0.3, 0.4) is 0 Å². The van der Waals surface area contributed by atoms with Crippen LogP contribution in [-0.2, 0) is 17.8 Å². The average molecular weight is 348 g/mol. The molecule has 0 radical (unpaired) electrons. The van der Waals surface area contributed by atoms with Crippen LogP contribution in [0.2, 0.25) is 0 Å². The number of furan rings is 1. The zero-order valence-electron chi connectivity index (χ0n) is 14.9. The summed E-state index contributed by atoms with van der Waals surface area (Å²) in [6.07, 6.45) is 8.00. The minimum absolute atomic E-state index is 0.0180. The molecule has 26 heavy (non-hydrogen) atoms. The smallest absolute Gasteiger partial charge is 0.227 e. The van der Waals surface area contributed by atoms with Crippen LogP contribution in [-0.4, -0.2) is 11.1 Å². The first-order valence-electron chi connectivity index (χ1n) is 8.39. The monoisotopic (exact) mass is 348 g/mol. The van der Waals surface area contributed by atoms with E-state index in [-0.39, 0.29) is 5.91 Å². The van der Waals surface area contributed by atoms with Gasteiger partial charge in [0.1, 0.15) is 11.5 Å². The number of carbonyl (C=O) groups excluding carboxylic acids is 1. The molecule has 0 bridgehead atoms. The lowest BCUT2D eigenvalue weighted by Crippen LogP contribution is -2.30. The van der Waals surface area contributed by atoms with Crippen molar-refractivity contribution in [3.63, 3.8) is 0 Å². The Morgan fingerprint density at radius 1 is 1.27 bits per heavy atom. The molecular formula is C21H20N2O3. The molecule has 0 atom stereocenters. The van der Waals surface area contributed by atoms with Gasteiger partial charge in [0.15, 0.2) is 0 Å². The summed E-state index contributed by atoms with van der Waals surface area (Å²) in [5, 5.41) is 3.94. The predicted octanol–water partition coefficient (Wildman–Crippen LogP) is 4.03. The Morgan fingerprint density at radius 3 is 2.77 bits per heavy atom. The quantitative estimate of drug-likeness (QED) is 0.631. The van der Waals surface area contributed by atoms with E-state index in [2.05, 4.69) is 11.1 Å². The van der Waals surface area contributed by atoms with Gasteiger partial charge in [0.25, 0.3) is 0 Å². The normalized spacial score (nSPS) is 10.5. The van der Waals surface area contributed by atoms with Gasteiger partial charge in [-0.2, -0.15) is 0 Å². The van der Waals surface area contributed by atoms with Crippen LogP contribution >= 0.6 is 0 Å². The van der Waals surface area contributed by atoms with Gasteiger partial charge in [-0.25, -0.2) is 0 Å². The van der Waals surface area contributed by atoms with Crippen molar-refractivity contribution in [3.8, 4) is 12.3 Å². The van der Waals surface area contributed by atoms with Gasteiger partial charge in [0.2, 0.25) is 5.91 Å². The van der Waals surface area contributed by atoms with Crippen LogP contribution in [0.15, 0.2) is 51.6 Å². The summed E-state index contributed by atoms with van der Waals surface area (Å²) in [5.74, 6) is 4.05. The lowest BCUT2D eigenvalue weighted by atomic mass is 10.1. The largest absolute Gasteiger partial charge is 0.467 e. The fraction of sp³-hybridized carbons (Fsp3) is 0.238. The Hall–Kier alpha value is -3.26. The molecule has 5 heteroatoms. The van der Waals surface area contributed by atoms with Crippen LogP contribution in [0.5, 0.6) is 0 Å². The van der Waals surface area contributed by atoms with Gasteiger partial charge < -0.3 is 13.8 Å². The van der Waals surface area contributed by atoms with E-state index in [4.69, 9.17) is 15.4 Å². The third-order valence-corrected chi connectivity index (χ3v) is 4.29. The molecule has 0 N–H and O–H groups in total. The number of amides is 1. The molecule has 3 aromatic rings. The summed E-state index contributed by atoms with van der Waals surface area (Å²) in [6.45, 7) is 4.09. The topological polar surface area (TPSA) is 59.5 Å². The fourth-order valence-corrected chi connectivity index (χ4v) is 2.87. The van der Waals surface area contributed by atoms with Crippen LogP contribution in [0.4, 0.5) is 5.69 Å². The van der Waals surface area contributed by atoms with Crippen molar-refractivity contribution in [3.05, 3.63) is 71.0 Å². The molecule has 0 saturated heterocycles. The van der Waals surface area contributed by atoms with E-state index in [1.807, 2.05) is 44.2 Å². The maximum absolute atomic E-state index is 13.0. The highest BCUT2D eigenvalue weighted by Gasteiger charge is 2.19. The van der Waals surface area contributed by atoms with Crippen molar-refractivity contribution in [2.24, 2.45) is 0 Å². The summed E-state index contributed by atoms with van der Waals surface area (Å²) in [6, 6.07) is 11.0. The van der Waals surface area contributed by atoms with E-state index >= 15 is 0 Å². The SMILES string of the molecule is C#Cc1cccc(N(Cc2ccco2)C(=O)CCc2c(C)noc2C)c1. The Kier molecular flexibility index (Phi) is 5.23. The van der Waals surface area contributed by atoms with Gasteiger partial charge in [0, 0.05) is 23.2 Å². The second-order valence-electron chi connectivity index (χ2n) is 6.06. The van der Waals surface area contributed by atoms with E-state index < -0.39 is 0 Å². The number of hydrogen-bond acceptors (Lipinski definition) is 4. The molecule has 132 valence electrons. The summed E-state index contributed by atoms with van der Waals surface area (Å²) >= 11 is 0.